The van der Waals surface area contributed by atoms with Gasteiger partial charge in [0.15, 0.2) is 9.84 Å². The zero-order valence-electron chi connectivity index (χ0n) is 10.3. The maximum atomic E-state index is 11.6. The fourth-order valence-electron chi connectivity index (χ4n) is 2.11. The van der Waals surface area contributed by atoms with Gasteiger partial charge in [0, 0.05) is 25.0 Å². The lowest BCUT2D eigenvalue weighted by atomic mass is 10.2. The van der Waals surface area contributed by atoms with Crippen molar-refractivity contribution in [3.8, 4) is 0 Å². The first-order valence-electron chi connectivity index (χ1n) is 5.88. The molecule has 2 rings (SSSR count). The van der Waals surface area contributed by atoms with Gasteiger partial charge in [-0.2, -0.15) is 0 Å². The van der Waals surface area contributed by atoms with Gasteiger partial charge in [0.25, 0.3) is 0 Å². The number of sulfone groups is 1. The zero-order chi connectivity index (χ0) is 13.9. The second-order valence-electron chi connectivity index (χ2n) is 4.50. The largest absolute Gasteiger partial charge is 0.481 e. The van der Waals surface area contributed by atoms with E-state index in [9.17, 15) is 13.2 Å². The highest BCUT2D eigenvalue weighted by Crippen LogP contribution is 2.16. The Labute approximate surface area is 111 Å². The van der Waals surface area contributed by atoms with Crippen LogP contribution in [0.15, 0.2) is 18.5 Å². The molecule has 7 nitrogen and oxygen atoms in total. The third-order valence-corrected chi connectivity index (χ3v) is 4.72. The average Bonchev–Trinajstić information content (AvgIpc) is 2.33. The molecule has 2 heterocycles. The molecule has 1 atom stereocenters. The van der Waals surface area contributed by atoms with Crippen molar-refractivity contribution in [2.75, 3.05) is 18.1 Å². The topological polar surface area (TPSA) is 100 Å². The van der Waals surface area contributed by atoms with Crippen LogP contribution in [-0.4, -0.2) is 58.5 Å². The second-order valence-corrected chi connectivity index (χ2v) is 6.73. The molecule has 1 aliphatic heterocycles. The predicted molar refractivity (Wildman–Crippen MR) is 67.1 cm³/mol. The van der Waals surface area contributed by atoms with Crippen LogP contribution >= 0.6 is 0 Å². The van der Waals surface area contributed by atoms with Gasteiger partial charge in [-0.25, -0.2) is 18.4 Å². The molecule has 0 aromatic carbocycles. The molecule has 1 aromatic rings. The molecule has 0 aliphatic carbocycles. The smallest absolute Gasteiger partial charge is 0.304 e. The quantitative estimate of drug-likeness (QED) is 0.799. The van der Waals surface area contributed by atoms with Gasteiger partial charge >= 0.3 is 5.97 Å². The van der Waals surface area contributed by atoms with Gasteiger partial charge in [-0.05, 0) is 6.07 Å². The number of carboxylic acids is 1. The number of aromatic nitrogens is 2. The molecular formula is C11H15N3O4S. The fourth-order valence-corrected chi connectivity index (χ4v) is 3.71. The third kappa shape index (κ3) is 3.97. The summed E-state index contributed by atoms with van der Waals surface area (Å²) in [5, 5.41) is 8.87. The van der Waals surface area contributed by atoms with Crippen LogP contribution < -0.4 is 0 Å². The Morgan fingerprint density at radius 2 is 2.11 bits per heavy atom. The number of aliphatic carboxylic acids is 1. The van der Waals surface area contributed by atoms with Crippen molar-refractivity contribution in [1.82, 2.24) is 14.9 Å². The maximum absolute atomic E-state index is 11.6. The van der Waals surface area contributed by atoms with Crippen molar-refractivity contribution in [2.24, 2.45) is 0 Å². The summed E-state index contributed by atoms with van der Waals surface area (Å²) in [7, 11) is -3.15. The molecule has 19 heavy (non-hydrogen) atoms. The Balaban J connectivity index is 2.11. The molecule has 0 amide bonds. The van der Waals surface area contributed by atoms with Crippen LogP contribution in [0.2, 0.25) is 0 Å². The van der Waals surface area contributed by atoms with E-state index in [1.807, 2.05) is 4.90 Å². The van der Waals surface area contributed by atoms with E-state index in [4.69, 9.17) is 5.11 Å². The summed E-state index contributed by atoms with van der Waals surface area (Å²) in [6, 6.07) is 1.18. The van der Waals surface area contributed by atoms with Crippen molar-refractivity contribution < 1.29 is 18.3 Å². The minimum atomic E-state index is -3.15. The lowest BCUT2D eigenvalue weighted by Crippen LogP contribution is -2.49. The van der Waals surface area contributed by atoms with Gasteiger partial charge in [0.2, 0.25) is 0 Å². The van der Waals surface area contributed by atoms with Crippen molar-refractivity contribution in [2.45, 2.75) is 19.0 Å². The Hall–Kier alpha value is -1.54. The molecule has 1 aliphatic rings. The van der Waals surface area contributed by atoms with Crippen molar-refractivity contribution in [3.05, 3.63) is 24.3 Å². The fraction of sp³-hybridized carbons (Fsp3) is 0.545. The first-order valence-corrected chi connectivity index (χ1v) is 7.70. The minimum Gasteiger partial charge on any atom is -0.481 e. The van der Waals surface area contributed by atoms with Gasteiger partial charge < -0.3 is 5.11 Å². The summed E-state index contributed by atoms with van der Waals surface area (Å²) >= 11 is 0. The van der Waals surface area contributed by atoms with Crippen molar-refractivity contribution in [3.63, 3.8) is 0 Å². The Morgan fingerprint density at radius 1 is 1.42 bits per heavy atom. The SMILES string of the molecule is O=C(O)CC1CS(=O)(=O)CCN1Cc1ncccn1. The Kier molecular flexibility index (Phi) is 4.11. The summed E-state index contributed by atoms with van der Waals surface area (Å²) in [6.45, 7) is 0.687. The van der Waals surface area contributed by atoms with Crippen LogP contribution in [0.1, 0.15) is 12.2 Å². The van der Waals surface area contributed by atoms with Gasteiger partial charge in [-0.1, -0.05) is 0 Å². The molecule has 0 saturated carbocycles. The molecule has 1 unspecified atom stereocenters. The van der Waals surface area contributed by atoms with E-state index in [0.717, 1.165) is 0 Å². The van der Waals surface area contributed by atoms with Crippen molar-refractivity contribution >= 4 is 15.8 Å². The highest BCUT2D eigenvalue weighted by atomic mass is 32.2. The van der Waals surface area contributed by atoms with Crippen LogP contribution in [0.5, 0.6) is 0 Å². The van der Waals surface area contributed by atoms with E-state index >= 15 is 0 Å². The molecule has 1 saturated heterocycles. The molecule has 1 N–H and O–H groups in total. The third-order valence-electron chi connectivity index (χ3n) is 3.03. The normalized spacial score (nSPS) is 23.1. The summed E-state index contributed by atoms with van der Waals surface area (Å²) in [6.07, 6.45) is 3.02. The van der Waals surface area contributed by atoms with Gasteiger partial charge in [-0.15, -0.1) is 0 Å². The summed E-state index contributed by atoms with van der Waals surface area (Å²) in [4.78, 5) is 20.8. The molecule has 1 aromatic heterocycles. The van der Waals surface area contributed by atoms with Gasteiger partial charge in [-0.3, -0.25) is 9.69 Å². The summed E-state index contributed by atoms with van der Waals surface area (Å²) in [5.41, 5.74) is 0. The van der Waals surface area contributed by atoms with Gasteiger partial charge in [0.05, 0.1) is 24.5 Å². The van der Waals surface area contributed by atoms with E-state index in [2.05, 4.69) is 9.97 Å². The van der Waals surface area contributed by atoms with Crippen LogP contribution in [0.3, 0.4) is 0 Å². The Bertz CT molecular complexity index is 546. The number of hydrogen-bond acceptors (Lipinski definition) is 6. The van der Waals surface area contributed by atoms with E-state index in [1.54, 1.807) is 18.5 Å². The number of nitrogens with zero attached hydrogens (tertiary/aromatic N) is 3. The molecule has 8 heteroatoms. The highest BCUT2D eigenvalue weighted by Gasteiger charge is 2.32. The minimum absolute atomic E-state index is 0.0515. The second kappa shape index (κ2) is 5.62. The van der Waals surface area contributed by atoms with Crippen molar-refractivity contribution in [1.29, 1.82) is 0 Å². The standard InChI is InChI=1S/C11H15N3O4S/c15-11(16)6-9-8-19(17,18)5-4-14(9)7-10-12-2-1-3-13-10/h1-3,9H,4-8H2,(H,15,16). The lowest BCUT2D eigenvalue weighted by molar-refractivity contribution is -0.138. The predicted octanol–water partition coefficient (Wildman–Crippen LogP) is -0.450. The molecule has 104 valence electrons. The summed E-state index contributed by atoms with van der Waals surface area (Å²) < 4.78 is 23.2. The average molecular weight is 285 g/mol. The number of rotatable bonds is 4. The molecule has 1 fully saturated rings. The van der Waals surface area contributed by atoms with Crippen LogP contribution in [0.25, 0.3) is 0 Å². The van der Waals surface area contributed by atoms with E-state index in [1.165, 1.54) is 0 Å². The van der Waals surface area contributed by atoms with Crippen LogP contribution in [0, 0.1) is 0 Å². The summed E-state index contributed by atoms with van der Waals surface area (Å²) in [5.74, 6) is -0.500. The molecular weight excluding hydrogens is 270 g/mol. The van der Waals surface area contributed by atoms with E-state index < -0.39 is 21.8 Å². The first kappa shape index (κ1) is 13.9. The monoisotopic (exact) mass is 285 g/mol. The lowest BCUT2D eigenvalue weighted by Gasteiger charge is -2.33. The zero-order valence-corrected chi connectivity index (χ0v) is 11.1. The highest BCUT2D eigenvalue weighted by molar-refractivity contribution is 7.91. The first-order chi connectivity index (χ1) is 8.96. The number of hydrogen-bond donors (Lipinski definition) is 1. The number of carbonyl (C=O) groups is 1. The number of carboxylic acid groups (broad SMARTS) is 1. The van der Waals surface area contributed by atoms with E-state index in [0.29, 0.717) is 18.9 Å². The molecule has 0 radical (unpaired) electrons. The Morgan fingerprint density at radius 3 is 2.74 bits per heavy atom. The van der Waals surface area contributed by atoms with E-state index in [-0.39, 0.29) is 17.9 Å². The van der Waals surface area contributed by atoms with Crippen LogP contribution in [0.4, 0.5) is 0 Å². The van der Waals surface area contributed by atoms with Gasteiger partial charge in [0.1, 0.15) is 5.82 Å². The molecule has 0 bridgehead atoms. The van der Waals surface area contributed by atoms with Crippen LogP contribution in [-0.2, 0) is 21.2 Å². The maximum Gasteiger partial charge on any atom is 0.304 e. The molecule has 0 spiro atoms.